The van der Waals surface area contributed by atoms with Gasteiger partial charge < -0.3 is 9.84 Å². The summed E-state index contributed by atoms with van der Waals surface area (Å²) in [5.41, 5.74) is 0.698. The fourth-order valence-corrected chi connectivity index (χ4v) is 4.28. The number of ketones is 1. The van der Waals surface area contributed by atoms with E-state index < -0.39 is 18.5 Å². The van der Waals surface area contributed by atoms with Crippen LogP contribution in [0.2, 0.25) is 0 Å². The maximum atomic E-state index is 12.7. The molecule has 0 radical (unpaired) electrons. The second-order valence-corrected chi connectivity index (χ2v) is 7.59. The van der Waals surface area contributed by atoms with Crippen molar-refractivity contribution in [2.45, 2.75) is 19.3 Å². The van der Waals surface area contributed by atoms with Gasteiger partial charge in [-0.25, -0.2) is 4.79 Å². The van der Waals surface area contributed by atoms with Crippen molar-refractivity contribution in [1.82, 2.24) is 10.2 Å². The van der Waals surface area contributed by atoms with E-state index in [2.05, 4.69) is 10.2 Å². The minimum Gasteiger partial charge on any atom is -0.482 e. The zero-order chi connectivity index (χ0) is 18.7. The Kier molecular flexibility index (Phi) is 5.48. The number of aliphatic carboxylic acids is 1. The predicted octanol–water partition coefficient (Wildman–Crippen LogP) is 2.98. The number of thioether (sulfide) groups is 1. The third-order valence-corrected chi connectivity index (χ3v) is 5.66. The van der Waals surface area contributed by atoms with Gasteiger partial charge in [0.15, 0.2) is 12.4 Å². The molecule has 0 saturated carbocycles. The fraction of sp³-hybridized carbons (Fsp3) is 0.235. The molecule has 26 heavy (non-hydrogen) atoms. The summed E-state index contributed by atoms with van der Waals surface area (Å²) in [4.78, 5) is 23.8. The molecule has 1 aliphatic heterocycles. The number of Topliss-reactive ketones (excluding diaryl/α,β-unsaturated/α-hetero) is 1. The van der Waals surface area contributed by atoms with E-state index >= 15 is 0 Å². The number of carbonyl (C=O) groups excluding carboxylic acids is 1. The van der Waals surface area contributed by atoms with Crippen LogP contribution in [0, 0.1) is 5.41 Å². The normalized spacial score (nSPS) is 18.5. The Hall–Kier alpha value is -2.52. The van der Waals surface area contributed by atoms with Crippen molar-refractivity contribution in [3.8, 4) is 5.75 Å². The predicted molar refractivity (Wildman–Crippen MR) is 99.9 cm³/mol. The van der Waals surface area contributed by atoms with Crippen LogP contribution in [-0.2, 0) is 16.0 Å². The molecular weight excluding hydrogens is 374 g/mol. The lowest BCUT2D eigenvalue weighted by Crippen LogP contribution is -2.11. The number of hydrogen-bond donors (Lipinski definition) is 2. The molecule has 134 valence electrons. The van der Waals surface area contributed by atoms with Gasteiger partial charge in [0.2, 0.25) is 0 Å². The summed E-state index contributed by atoms with van der Waals surface area (Å²) in [6, 6.07) is 6.80. The van der Waals surface area contributed by atoms with Crippen LogP contribution in [-0.4, -0.2) is 38.7 Å². The first kappa shape index (κ1) is 18.3. The van der Waals surface area contributed by atoms with Crippen LogP contribution >= 0.6 is 23.1 Å². The topological polar surface area (TPSA) is 113 Å². The lowest BCUT2D eigenvalue weighted by Gasteiger charge is -2.04. The smallest absolute Gasteiger partial charge is 0.341 e. The summed E-state index contributed by atoms with van der Waals surface area (Å²) in [7, 11) is 0. The van der Waals surface area contributed by atoms with Crippen molar-refractivity contribution < 1.29 is 19.4 Å². The summed E-state index contributed by atoms with van der Waals surface area (Å²) in [6.45, 7) is 1.53. The molecule has 0 amide bonds. The van der Waals surface area contributed by atoms with Gasteiger partial charge >= 0.3 is 5.97 Å². The first-order valence-corrected chi connectivity index (χ1v) is 9.40. The molecule has 7 nitrogen and oxygen atoms in total. The highest BCUT2D eigenvalue weighted by molar-refractivity contribution is 8.19. The van der Waals surface area contributed by atoms with Crippen LogP contribution in [0.4, 0.5) is 0 Å². The standard InChI is InChI=1S/C17H15N3O4S2/c1-2-12-19-20-17(26-12)14-15(23)11(25-16(14)18)7-9-4-3-5-10(6-9)24-8-13(21)22/h3-7,14,18H,2,8H2,1H3,(H,21,22)/b11-7-,18-16?/t14-/m1/s1. The summed E-state index contributed by atoms with van der Waals surface area (Å²) in [5, 5.41) is 26.5. The molecule has 1 aromatic carbocycles. The van der Waals surface area contributed by atoms with Crippen molar-refractivity contribution in [3.05, 3.63) is 44.7 Å². The van der Waals surface area contributed by atoms with E-state index in [0.717, 1.165) is 23.2 Å². The molecule has 2 heterocycles. The van der Waals surface area contributed by atoms with Gasteiger partial charge in [-0.1, -0.05) is 30.8 Å². The lowest BCUT2D eigenvalue weighted by atomic mass is 10.1. The molecule has 2 aromatic rings. The van der Waals surface area contributed by atoms with Gasteiger partial charge in [0.1, 0.15) is 21.7 Å². The molecular formula is C17H15N3O4S2. The zero-order valence-corrected chi connectivity index (χ0v) is 15.4. The molecule has 0 spiro atoms. The molecule has 1 atom stereocenters. The van der Waals surface area contributed by atoms with E-state index in [1.54, 1.807) is 30.3 Å². The zero-order valence-electron chi connectivity index (χ0n) is 13.8. The van der Waals surface area contributed by atoms with Crippen molar-refractivity contribution in [3.63, 3.8) is 0 Å². The Morgan fingerprint density at radius 3 is 2.92 bits per heavy atom. The molecule has 0 bridgehead atoms. The highest BCUT2D eigenvalue weighted by Crippen LogP contribution is 2.41. The number of allylic oxidation sites excluding steroid dienone is 1. The molecule has 9 heteroatoms. The highest BCUT2D eigenvalue weighted by atomic mass is 32.2. The van der Waals surface area contributed by atoms with Gasteiger partial charge in [-0.3, -0.25) is 10.2 Å². The molecule has 0 unspecified atom stereocenters. The number of carbonyl (C=O) groups is 2. The first-order valence-electron chi connectivity index (χ1n) is 7.77. The average Bonchev–Trinajstić information content (AvgIpc) is 3.18. The Balaban J connectivity index is 1.81. The van der Waals surface area contributed by atoms with Crippen molar-refractivity contribution >= 4 is 46.0 Å². The Morgan fingerprint density at radius 2 is 2.23 bits per heavy atom. The number of aryl methyl sites for hydroxylation is 1. The van der Waals surface area contributed by atoms with Crippen molar-refractivity contribution in [2.24, 2.45) is 0 Å². The number of nitrogens with zero attached hydrogens (tertiary/aromatic N) is 2. The van der Waals surface area contributed by atoms with Crippen LogP contribution in [0.5, 0.6) is 5.75 Å². The van der Waals surface area contributed by atoms with Crippen LogP contribution < -0.4 is 4.74 Å². The lowest BCUT2D eigenvalue weighted by molar-refractivity contribution is -0.139. The van der Waals surface area contributed by atoms with Gasteiger partial charge in [0, 0.05) is 0 Å². The average molecular weight is 389 g/mol. The molecule has 1 saturated heterocycles. The summed E-state index contributed by atoms with van der Waals surface area (Å²) in [6.07, 6.45) is 2.42. The summed E-state index contributed by atoms with van der Waals surface area (Å²) in [5.74, 6) is -1.51. The number of aromatic nitrogens is 2. The largest absolute Gasteiger partial charge is 0.482 e. The molecule has 1 aromatic heterocycles. The second-order valence-electron chi connectivity index (χ2n) is 5.41. The van der Waals surface area contributed by atoms with E-state index in [1.165, 1.54) is 11.3 Å². The SMILES string of the molecule is CCc1nnc([C@H]2C(=N)S/C(=C\c3cccc(OCC(=O)O)c3)C2=O)s1. The minimum absolute atomic E-state index is 0.171. The van der Waals surface area contributed by atoms with Gasteiger partial charge in [0.05, 0.1) is 9.95 Å². The molecule has 1 aliphatic rings. The van der Waals surface area contributed by atoms with Crippen molar-refractivity contribution in [1.29, 1.82) is 5.41 Å². The Labute approximate surface area is 157 Å². The second kappa shape index (κ2) is 7.79. The number of hydrogen-bond acceptors (Lipinski definition) is 8. The number of benzene rings is 1. The van der Waals surface area contributed by atoms with Crippen LogP contribution in [0.1, 0.15) is 28.4 Å². The number of ether oxygens (including phenoxy) is 1. The van der Waals surface area contributed by atoms with Crippen LogP contribution in [0.25, 0.3) is 6.08 Å². The van der Waals surface area contributed by atoms with E-state index in [-0.39, 0.29) is 10.8 Å². The van der Waals surface area contributed by atoms with E-state index in [1.807, 2.05) is 6.92 Å². The van der Waals surface area contributed by atoms with Gasteiger partial charge in [-0.05, 0) is 30.2 Å². The monoisotopic (exact) mass is 389 g/mol. The summed E-state index contributed by atoms with van der Waals surface area (Å²) >= 11 is 2.47. The number of nitrogens with one attached hydrogen (secondary N) is 1. The molecule has 3 rings (SSSR count). The van der Waals surface area contributed by atoms with Crippen LogP contribution in [0.15, 0.2) is 29.2 Å². The van der Waals surface area contributed by atoms with E-state index in [0.29, 0.717) is 21.2 Å². The number of rotatable bonds is 6. The third-order valence-electron chi connectivity index (χ3n) is 3.54. The first-order chi connectivity index (χ1) is 12.5. The van der Waals surface area contributed by atoms with Crippen LogP contribution in [0.3, 0.4) is 0 Å². The Bertz CT molecular complexity index is 907. The quantitative estimate of drug-likeness (QED) is 0.730. The fourth-order valence-electron chi connectivity index (χ4n) is 2.33. The maximum Gasteiger partial charge on any atom is 0.341 e. The molecule has 2 N–H and O–H groups in total. The van der Waals surface area contributed by atoms with Crippen molar-refractivity contribution in [2.75, 3.05) is 6.61 Å². The van der Waals surface area contributed by atoms with E-state index in [4.69, 9.17) is 15.3 Å². The Morgan fingerprint density at radius 1 is 1.42 bits per heavy atom. The van der Waals surface area contributed by atoms with E-state index in [9.17, 15) is 9.59 Å². The highest BCUT2D eigenvalue weighted by Gasteiger charge is 2.39. The summed E-state index contributed by atoms with van der Waals surface area (Å²) < 4.78 is 5.15. The third kappa shape index (κ3) is 4.00. The number of carboxylic acid groups (broad SMARTS) is 1. The van der Waals surface area contributed by atoms with Gasteiger partial charge in [-0.2, -0.15) is 0 Å². The van der Waals surface area contributed by atoms with Gasteiger partial charge in [0.25, 0.3) is 0 Å². The minimum atomic E-state index is -1.06. The number of carboxylic acids is 1. The maximum absolute atomic E-state index is 12.7. The molecule has 1 fully saturated rings. The van der Waals surface area contributed by atoms with Gasteiger partial charge in [-0.15, -0.1) is 21.5 Å². The molecule has 0 aliphatic carbocycles.